The number of rotatable bonds is 6. The van der Waals surface area contributed by atoms with Gasteiger partial charge in [0.15, 0.2) is 0 Å². The first kappa shape index (κ1) is 19.0. The number of fused-ring (bicyclic) bond motifs is 2. The molecule has 2 aromatic rings. The molecule has 0 amide bonds. The van der Waals surface area contributed by atoms with E-state index < -0.39 is 10.0 Å². The van der Waals surface area contributed by atoms with Crippen molar-refractivity contribution in [2.75, 3.05) is 25.5 Å². The zero-order chi connectivity index (χ0) is 20.0. The number of nitrogens with one attached hydrogen (secondary N) is 3. The third-order valence-electron chi connectivity index (χ3n) is 6.61. The van der Waals surface area contributed by atoms with Crippen molar-refractivity contribution in [3.05, 3.63) is 28.3 Å². The maximum atomic E-state index is 12.6. The van der Waals surface area contributed by atoms with Crippen LogP contribution in [-0.4, -0.2) is 54.7 Å². The number of aromatic amines is 1. The average molecular weight is 417 g/mol. The number of hydrogen-bond acceptors (Lipinski definition) is 6. The van der Waals surface area contributed by atoms with E-state index in [0.29, 0.717) is 12.5 Å². The highest BCUT2D eigenvalue weighted by Crippen LogP contribution is 2.39. The summed E-state index contributed by atoms with van der Waals surface area (Å²) in [4.78, 5) is 6.44. The number of anilines is 2. The molecule has 5 rings (SSSR count). The number of benzene rings is 1. The molecule has 1 unspecified atom stereocenters. The Hall–Kier alpha value is -1.97. The molecule has 1 aromatic heterocycles. The van der Waals surface area contributed by atoms with E-state index in [-0.39, 0.29) is 11.2 Å². The van der Waals surface area contributed by atoms with Gasteiger partial charge in [-0.05, 0) is 87.2 Å². The molecule has 1 aliphatic heterocycles. The second-order valence-electron chi connectivity index (χ2n) is 8.45. The van der Waals surface area contributed by atoms with Crippen LogP contribution in [0.1, 0.15) is 47.9 Å². The van der Waals surface area contributed by atoms with Crippen LogP contribution < -0.4 is 10.0 Å². The zero-order valence-corrected chi connectivity index (χ0v) is 17.6. The first-order chi connectivity index (χ1) is 14.0. The van der Waals surface area contributed by atoms with Gasteiger partial charge in [0.05, 0.1) is 0 Å². The lowest BCUT2D eigenvalue weighted by Gasteiger charge is -2.19. The molecule has 3 aliphatic rings. The van der Waals surface area contributed by atoms with Crippen LogP contribution in [0.5, 0.6) is 0 Å². The van der Waals surface area contributed by atoms with Gasteiger partial charge in [0.1, 0.15) is 0 Å². The highest BCUT2D eigenvalue weighted by atomic mass is 32.2. The summed E-state index contributed by atoms with van der Waals surface area (Å²) in [7, 11) is -1.68. The van der Waals surface area contributed by atoms with Crippen LogP contribution in [0.25, 0.3) is 0 Å². The molecule has 1 saturated heterocycles. The predicted molar refractivity (Wildman–Crippen MR) is 111 cm³/mol. The normalized spacial score (nSPS) is 21.5. The van der Waals surface area contributed by atoms with E-state index in [4.69, 9.17) is 0 Å². The van der Waals surface area contributed by atoms with E-state index in [1.165, 1.54) is 35.1 Å². The lowest BCUT2D eigenvalue weighted by Crippen LogP contribution is -2.38. The quantitative estimate of drug-likeness (QED) is 0.665. The Morgan fingerprint density at radius 2 is 1.86 bits per heavy atom. The summed E-state index contributed by atoms with van der Waals surface area (Å²) in [6.45, 7) is 1.40. The number of likely N-dealkylation sites (tertiary alicyclic amines) is 1. The summed E-state index contributed by atoms with van der Waals surface area (Å²) >= 11 is 0. The summed E-state index contributed by atoms with van der Waals surface area (Å²) in [5.74, 6) is 0.317. The average Bonchev–Trinajstić information content (AvgIpc) is 3.47. The summed E-state index contributed by atoms with van der Waals surface area (Å²) in [6.07, 6.45) is 8.78. The largest absolute Gasteiger partial charge is 0.322 e. The number of sulfonamides is 1. The second-order valence-corrected chi connectivity index (χ2v) is 10.1. The number of nitrogens with zero attached hydrogens (tertiary/aromatic N) is 3. The SMILES string of the molecule is CN1CCCC1CNS(=O)(=O)c1nc(Nc2c3c(cc4c2CCC4)CCC3)n[nH]1. The molecule has 8 nitrogen and oxygen atoms in total. The van der Waals surface area contributed by atoms with Crippen molar-refractivity contribution in [3.63, 3.8) is 0 Å². The standard InChI is InChI=1S/C20H28N6O2S/c1-26-10-4-7-15(26)12-21-29(27,28)20-23-19(24-25-20)22-18-16-8-2-5-13(16)11-14-6-3-9-17(14)18/h11,15,21H,2-10,12H2,1H3,(H2,22,23,24,25). The van der Waals surface area contributed by atoms with Gasteiger partial charge in [-0.25, -0.2) is 18.2 Å². The monoisotopic (exact) mass is 416 g/mol. The summed E-state index contributed by atoms with van der Waals surface area (Å²) < 4.78 is 28.0. The maximum Gasteiger partial charge on any atom is 0.275 e. The number of likely N-dealkylation sites (N-methyl/N-ethyl adjacent to an activating group) is 1. The van der Waals surface area contributed by atoms with E-state index >= 15 is 0 Å². The van der Waals surface area contributed by atoms with Crippen LogP contribution >= 0.6 is 0 Å². The Bertz CT molecular complexity index is 1000. The van der Waals surface area contributed by atoms with E-state index in [9.17, 15) is 8.42 Å². The lowest BCUT2D eigenvalue weighted by atomic mass is 9.99. The highest BCUT2D eigenvalue weighted by molar-refractivity contribution is 7.89. The second kappa shape index (κ2) is 7.37. The Morgan fingerprint density at radius 3 is 2.52 bits per heavy atom. The zero-order valence-electron chi connectivity index (χ0n) is 16.8. The first-order valence-corrected chi connectivity index (χ1v) is 12.1. The van der Waals surface area contributed by atoms with E-state index in [1.54, 1.807) is 0 Å². The highest BCUT2D eigenvalue weighted by Gasteiger charge is 2.27. The van der Waals surface area contributed by atoms with Gasteiger partial charge in [-0.1, -0.05) is 6.07 Å². The van der Waals surface area contributed by atoms with Crippen LogP contribution in [0.15, 0.2) is 11.2 Å². The topological polar surface area (TPSA) is 103 Å². The smallest absolute Gasteiger partial charge is 0.275 e. The fourth-order valence-corrected chi connectivity index (χ4v) is 5.93. The van der Waals surface area contributed by atoms with Crippen LogP contribution in [0, 0.1) is 0 Å². The summed E-state index contributed by atoms with van der Waals surface area (Å²) in [5, 5.41) is 9.96. The maximum absolute atomic E-state index is 12.6. The molecule has 9 heteroatoms. The minimum absolute atomic E-state index is 0.134. The Labute approximate surface area is 171 Å². The molecule has 1 atom stereocenters. The molecule has 2 aliphatic carbocycles. The molecule has 2 heterocycles. The number of H-pyrrole nitrogens is 1. The minimum atomic E-state index is -3.71. The van der Waals surface area contributed by atoms with Crippen LogP contribution in [-0.2, 0) is 35.7 Å². The lowest BCUT2D eigenvalue weighted by molar-refractivity contribution is 0.310. The van der Waals surface area contributed by atoms with Crippen molar-refractivity contribution in [3.8, 4) is 0 Å². The minimum Gasteiger partial charge on any atom is -0.322 e. The van der Waals surface area contributed by atoms with Crippen molar-refractivity contribution in [1.29, 1.82) is 0 Å². The summed E-state index contributed by atoms with van der Waals surface area (Å²) in [6, 6.07) is 2.60. The van der Waals surface area contributed by atoms with Gasteiger partial charge in [-0.2, -0.15) is 4.98 Å². The molecule has 1 fully saturated rings. The summed E-state index contributed by atoms with van der Waals surface area (Å²) in [5.41, 5.74) is 6.64. The molecule has 3 N–H and O–H groups in total. The Kier molecular flexibility index (Phi) is 4.84. The van der Waals surface area contributed by atoms with E-state index in [0.717, 1.165) is 50.8 Å². The van der Waals surface area contributed by atoms with E-state index in [2.05, 4.69) is 36.2 Å². The molecule has 0 saturated carbocycles. The molecule has 29 heavy (non-hydrogen) atoms. The molecular formula is C20H28N6O2S. The van der Waals surface area contributed by atoms with Crippen LogP contribution in [0.2, 0.25) is 0 Å². The molecule has 0 spiro atoms. The van der Waals surface area contributed by atoms with Gasteiger partial charge >= 0.3 is 0 Å². The molecule has 1 aromatic carbocycles. The van der Waals surface area contributed by atoms with Gasteiger partial charge in [0.25, 0.3) is 15.2 Å². The van der Waals surface area contributed by atoms with Crippen molar-refractivity contribution in [1.82, 2.24) is 24.8 Å². The molecular weight excluding hydrogens is 388 g/mol. The van der Waals surface area contributed by atoms with Crippen molar-refractivity contribution < 1.29 is 8.42 Å². The van der Waals surface area contributed by atoms with Crippen molar-refractivity contribution in [2.24, 2.45) is 0 Å². The van der Waals surface area contributed by atoms with Crippen LogP contribution in [0.4, 0.5) is 11.6 Å². The molecule has 0 bridgehead atoms. The molecule has 0 radical (unpaired) electrons. The number of aromatic nitrogens is 3. The van der Waals surface area contributed by atoms with Gasteiger partial charge in [0, 0.05) is 18.3 Å². The molecule has 156 valence electrons. The van der Waals surface area contributed by atoms with Crippen LogP contribution in [0.3, 0.4) is 0 Å². The van der Waals surface area contributed by atoms with Gasteiger partial charge in [0.2, 0.25) is 5.95 Å². The third kappa shape index (κ3) is 3.55. The van der Waals surface area contributed by atoms with E-state index in [1.807, 2.05) is 7.05 Å². The Morgan fingerprint density at radius 1 is 1.14 bits per heavy atom. The Balaban J connectivity index is 1.35. The number of hydrogen-bond donors (Lipinski definition) is 3. The third-order valence-corrected chi connectivity index (χ3v) is 7.85. The first-order valence-electron chi connectivity index (χ1n) is 10.6. The van der Waals surface area contributed by atoms with Crippen molar-refractivity contribution in [2.45, 2.75) is 62.6 Å². The predicted octanol–water partition coefficient (Wildman–Crippen LogP) is 1.90. The number of aryl methyl sites for hydroxylation is 2. The van der Waals surface area contributed by atoms with Gasteiger partial charge in [-0.3, -0.25) is 0 Å². The fourth-order valence-electron chi connectivity index (χ4n) is 5.01. The van der Waals surface area contributed by atoms with Crippen molar-refractivity contribution >= 4 is 21.7 Å². The fraction of sp³-hybridized carbons (Fsp3) is 0.600. The van der Waals surface area contributed by atoms with Gasteiger partial charge < -0.3 is 10.2 Å². The van der Waals surface area contributed by atoms with Gasteiger partial charge in [-0.15, -0.1) is 5.10 Å².